The van der Waals surface area contributed by atoms with Gasteiger partial charge >= 0.3 is 0 Å². The van der Waals surface area contributed by atoms with Gasteiger partial charge in [-0.15, -0.1) is 21.2 Å². The minimum atomic E-state index is 0.498. The van der Waals surface area contributed by atoms with Crippen LogP contribution in [0.5, 0.6) is 0 Å². The first-order valence-corrected chi connectivity index (χ1v) is 9.46. The molecule has 7 nitrogen and oxygen atoms in total. The van der Waals surface area contributed by atoms with Gasteiger partial charge in [0.05, 0.1) is 0 Å². The molecule has 0 aliphatic heterocycles. The van der Waals surface area contributed by atoms with E-state index in [9.17, 15) is 0 Å². The lowest BCUT2D eigenvalue weighted by Gasteiger charge is -2.08. The number of benzene rings is 2. The Balaban J connectivity index is 1.61. The molecule has 0 bridgehead atoms. The minimum absolute atomic E-state index is 0.498. The van der Waals surface area contributed by atoms with Gasteiger partial charge < -0.3 is 0 Å². The number of nitrogens with zero attached hydrogens (tertiary/aromatic N) is 6. The highest BCUT2D eigenvalue weighted by Crippen LogP contribution is 2.29. The average molecular weight is 399 g/mol. The third-order valence-corrected chi connectivity index (χ3v) is 4.63. The van der Waals surface area contributed by atoms with E-state index in [1.807, 2.05) is 31.2 Å². The second kappa shape index (κ2) is 8.54. The molecule has 0 aliphatic rings. The maximum absolute atomic E-state index is 4.97. The molecule has 2 aromatic carbocycles. The molecule has 0 saturated heterocycles. The van der Waals surface area contributed by atoms with Crippen molar-refractivity contribution in [3.8, 4) is 34.4 Å². The molecule has 0 spiro atoms. The number of H-pyrrole nitrogens is 1. The predicted molar refractivity (Wildman–Crippen MR) is 114 cm³/mol. The first kappa shape index (κ1) is 18.7. The van der Waals surface area contributed by atoms with Crippen molar-refractivity contribution < 1.29 is 0 Å². The highest BCUT2D eigenvalue weighted by molar-refractivity contribution is 7.79. The fraction of sp³-hybridized carbons (Fsp3) is 0.143. The summed E-state index contributed by atoms with van der Waals surface area (Å²) >= 11 is 4.97. The third kappa shape index (κ3) is 4.10. The lowest BCUT2D eigenvalue weighted by Crippen LogP contribution is -2.05. The molecule has 0 aliphatic carbocycles. The van der Waals surface area contributed by atoms with Gasteiger partial charge in [0, 0.05) is 17.4 Å². The normalized spacial score (nSPS) is 10.4. The van der Waals surface area contributed by atoms with Gasteiger partial charge in [-0.3, -0.25) is 0 Å². The summed E-state index contributed by atoms with van der Waals surface area (Å²) in [6.45, 7) is 2.31. The number of aromatic nitrogens is 7. The molecule has 4 aromatic rings. The fourth-order valence-electron chi connectivity index (χ4n) is 3.05. The van der Waals surface area contributed by atoms with E-state index in [1.54, 1.807) is 4.68 Å². The zero-order valence-electron chi connectivity index (χ0n) is 15.7. The maximum Gasteiger partial charge on any atom is 0.205 e. The molecular weight excluding hydrogens is 382 g/mol. The molecular formula is C21H17N7S. The molecule has 2 heterocycles. The summed E-state index contributed by atoms with van der Waals surface area (Å²) in [5.74, 6) is 7.86. The molecule has 0 saturated carbocycles. The predicted octanol–water partition coefficient (Wildman–Crippen LogP) is 3.09. The van der Waals surface area contributed by atoms with Crippen molar-refractivity contribution in [2.24, 2.45) is 0 Å². The monoisotopic (exact) mass is 399 g/mol. The van der Waals surface area contributed by atoms with Crippen molar-refractivity contribution in [3.63, 3.8) is 0 Å². The Morgan fingerprint density at radius 2 is 1.90 bits per heavy atom. The zero-order valence-corrected chi connectivity index (χ0v) is 16.5. The molecule has 1 N–H and O–H groups in total. The van der Waals surface area contributed by atoms with Crippen molar-refractivity contribution >= 4 is 17.6 Å². The van der Waals surface area contributed by atoms with Gasteiger partial charge in [-0.1, -0.05) is 66.7 Å². The lowest BCUT2D eigenvalue weighted by atomic mass is 9.98. The van der Waals surface area contributed by atoms with E-state index in [0.29, 0.717) is 24.6 Å². The van der Waals surface area contributed by atoms with Crippen LogP contribution in [0, 0.1) is 11.8 Å². The summed E-state index contributed by atoms with van der Waals surface area (Å²) in [6.07, 6.45) is 0.647. The summed E-state index contributed by atoms with van der Waals surface area (Å²) in [5.41, 5.74) is 4.18. The second-order valence-electron chi connectivity index (χ2n) is 6.24. The van der Waals surface area contributed by atoms with E-state index in [1.165, 1.54) is 5.37 Å². The summed E-state index contributed by atoms with van der Waals surface area (Å²) in [4.78, 5) is 4.50. The number of tetrazole rings is 1. The molecule has 0 amide bonds. The van der Waals surface area contributed by atoms with Crippen LogP contribution in [0.2, 0.25) is 0 Å². The standard InChI is InChI=1S/C21H17N7S/c1-2-3-12-28-20(22-19(14-29)25-28)13-15-8-10-16(11-9-15)17-6-4-5-7-18(17)21-23-26-27-24-21/h4-11,14H,12-13H2,1H3,(H,23,24,26,27). The van der Waals surface area contributed by atoms with Crippen molar-refractivity contribution in [3.05, 3.63) is 65.7 Å². The summed E-state index contributed by atoms with van der Waals surface area (Å²) in [5, 5.41) is 20.2. The van der Waals surface area contributed by atoms with Gasteiger partial charge in [-0.2, -0.15) is 5.21 Å². The number of rotatable bonds is 6. The van der Waals surface area contributed by atoms with E-state index in [2.05, 4.69) is 66.8 Å². The maximum atomic E-state index is 4.97. The molecule has 142 valence electrons. The van der Waals surface area contributed by atoms with Gasteiger partial charge in [-0.05, 0) is 28.8 Å². The van der Waals surface area contributed by atoms with E-state index >= 15 is 0 Å². The van der Waals surface area contributed by atoms with Crippen LogP contribution in [0.3, 0.4) is 0 Å². The Hall–Kier alpha value is -3.70. The van der Waals surface area contributed by atoms with Crippen molar-refractivity contribution in [2.75, 3.05) is 0 Å². The molecule has 0 unspecified atom stereocenters. The highest BCUT2D eigenvalue weighted by Gasteiger charge is 2.12. The SMILES string of the molecule is CC#CCn1nc(C=S)nc1Cc1ccc(-c2ccccc2-c2nn[nH]n2)cc1. The summed E-state index contributed by atoms with van der Waals surface area (Å²) in [6, 6.07) is 16.3. The smallest absolute Gasteiger partial charge is 0.205 e. The van der Waals surface area contributed by atoms with Crippen LogP contribution in [0.1, 0.15) is 24.1 Å². The van der Waals surface area contributed by atoms with Crippen LogP contribution < -0.4 is 0 Å². The van der Waals surface area contributed by atoms with E-state index in [-0.39, 0.29) is 0 Å². The molecule has 0 radical (unpaired) electrons. The van der Waals surface area contributed by atoms with Crippen LogP contribution in [-0.4, -0.2) is 40.8 Å². The number of aromatic amines is 1. The summed E-state index contributed by atoms with van der Waals surface area (Å²) < 4.78 is 1.80. The highest BCUT2D eigenvalue weighted by atomic mass is 32.1. The Kier molecular flexibility index (Phi) is 5.49. The third-order valence-electron chi connectivity index (χ3n) is 4.42. The van der Waals surface area contributed by atoms with Crippen LogP contribution in [-0.2, 0) is 13.0 Å². The Morgan fingerprint density at radius 3 is 2.59 bits per heavy atom. The minimum Gasteiger partial charge on any atom is -0.237 e. The number of thiocarbonyl (C=S) groups is 1. The second-order valence-corrected chi connectivity index (χ2v) is 6.48. The number of hydrogen-bond acceptors (Lipinski definition) is 6. The number of hydrogen-bond donors (Lipinski definition) is 1. The van der Waals surface area contributed by atoms with Crippen molar-refractivity contribution in [1.82, 2.24) is 35.4 Å². The van der Waals surface area contributed by atoms with Crippen LogP contribution in [0.15, 0.2) is 48.5 Å². The molecule has 8 heteroatoms. The first-order chi connectivity index (χ1) is 14.3. The van der Waals surface area contributed by atoms with E-state index < -0.39 is 0 Å². The number of nitrogens with one attached hydrogen (secondary N) is 1. The molecule has 0 atom stereocenters. The topological polar surface area (TPSA) is 85.2 Å². The lowest BCUT2D eigenvalue weighted by molar-refractivity contribution is 0.671. The van der Waals surface area contributed by atoms with Crippen molar-refractivity contribution in [2.45, 2.75) is 19.9 Å². The average Bonchev–Trinajstić information content (AvgIpc) is 3.43. The Morgan fingerprint density at radius 1 is 1.10 bits per heavy atom. The molecule has 0 fully saturated rings. The Labute approximate surface area is 173 Å². The Bertz CT molecular complexity index is 1180. The van der Waals surface area contributed by atoms with Gasteiger partial charge in [0.1, 0.15) is 12.4 Å². The van der Waals surface area contributed by atoms with E-state index in [0.717, 1.165) is 28.1 Å². The van der Waals surface area contributed by atoms with Gasteiger partial charge in [0.15, 0.2) is 5.82 Å². The van der Waals surface area contributed by atoms with Gasteiger partial charge in [0.25, 0.3) is 0 Å². The van der Waals surface area contributed by atoms with Crippen LogP contribution >= 0.6 is 12.2 Å². The van der Waals surface area contributed by atoms with Gasteiger partial charge in [0.2, 0.25) is 5.82 Å². The van der Waals surface area contributed by atoms with Gasteiger partial charge in [-0.25, -0.2) is 9.67 Å². The molecule has 2 aromatic heterocycles. The largest absolute Gasteiger partial charge is 0.237 e. The van der Waals surface area contributed by atoms with Crippen LogP contribution in [0.4, 0.5) is 0 Å². The zero-order chi connectivity index (χ0) is 20.1. The first-order valence-electron chi connectivity index (χ1n) is 8.99. The molecule has 29 heavy (non-hydrogen) atoms. The quantitative estimate of drug-likeness (QED) is 0.396. The van der Waals surface area contributed by atoms with Crippen LogP contribution in [0.25, 0.3) is 22.5 Å². The summed E-state index contributed by atoms with van der Waals surface area (Å²) in [7, 11) is 0. The fourth-order valence-corrected chi connectivity index (χ4v) is 3.15. The molecule has 4 rings (SSSR count). The van der Waals surface area contributed by atoms with E-state index in [4.69, 9.17) is 12.2 Å². The van der Waals surface area contributed by atoms with Crippen molar-refractivity contribution in [1.29, 1.82) is 0 Å².